The van der Waals surface area contributed by atoms with Crippen molar-refractivity contribution in [2.45, 2.75) is 32.5 Å². The average Bonchev–Trinajstić information content (AvgIpc) is 3.06. The maximum Gasteiger partial charge on any atom is 0.155 e. The Hall–Kier alpha value is -2.24. The fraction of sp³-hybridized carbons (Fsp3) is 0.429. The monoisotopic (exact) mass is 349 g/mol. The Morgan fingerprint density at radius 3 is 2.85 bits per heavy atom. The first-order valence-electron chi connectivity index (χ1n) is 9.43. The number of rotatable bonds is 5. The lowest BCUT2D eigenvalue weighted by atomic mass is 9.92. The molecule has 3 aromatic rings. The fourth-order valence-corrected chi connectivity index (χ4v) is 4.24. The summed E-state index contributed by atoms with van der Waals surface area (Å²) < 4.78 is 2.14. The van der Waals surface area contributed by atoms with Crippen molar-refractivity contribution in [2.75, 3.05) is 20.1 Å². The second-order valence-electron chi connectivity index (χ2n) is 7.52. The van der Waals surface area contributed by atoms with Gasteiger partial charge in [0.05, 0.1) is 18.1 Å². The van der Waals surface area contributed by atoms with Crippen molar-refractivity contribution < 1.29 is 0 Å². The summed E-state index contributed by atoms with van der Waals surface area (Å²) in [6.45, 7) is 6.67. The van der Waals surface area contributed by atoms with Crippen LogP contribution >= 0.6 is 0 Å². The summed E-state index contributed by atoms with van der Waals surface area (Å²) in [6, 6.07) is 11.4. The molecule has 1 fully saturated rings. The first-order chi connectivity index (χ1) is 12.7. The summed E-state index contributed by atoms with van der Waals surface area (Å²) in [5, 5.41) is 0. The lowest BCUT2D eigenvalue weighted by Gasteiger charge is -2.41. The fourth-order valence-electron chi connectivity index (χ4n) is 4.24. The zero-order valence-corrected chi connectivity index (χ0v) is 15.6. The van der Waals surface area contributed by atoms with Crippen molar-refractivity contribution in [3.63, 3.8) is 0 Å². The Labute approximate surface area is 155 Å². The van der Waals surface area contributed by atoms with E-state index in [1.54, 1.807) is 0 Å². The van der Waals surface area contributed by atoms with Crippen LogP contribution in [0.25, 0.3) is 5.65 Å². The van der Waals surface area contributed by atoms with E-state index in [2.05, 4.69) is 68.5 Å². The normalized spacial score (nSPS) is 21.5. The van der Waals surface area contributed by atoms with Crippen LogP contribution in [0, 0.1) is 5.92 Å². The van der Waals surface area contributed by atoms with Crippen LogP contribution in [-0.2, 0) is 13.1 Å². The summed E-state index contributed by atoms with van der Waals surface area (Å²) in [4.78, 5) is 13.7. The predicted molar refractivity (Wildman–Crippen MR) is 104 cm³/mol. The largest absolute Gasteiger partial charge is 0.300 e. The molecule has 0 amide bonds. The molecule has 0 unspecified atom stereocenters. The van der Waals surface area contributed by atoms with Gasteiger partial charge in [-0.1, -0.05) is 37.3 Å². The second-order valence-corrected chi connectivity index (χ2v) is 7.52. The van der Waals surface area contributed by atoms with Crippen LogP contribution in [0.2, 0.25) is 0 Å². The highest BCUT2D eigenvalue weighted by molar-refractivity contribution is 5.36. The van der Waals surface area contributed by atoms with Crippen molar-refractivity contribution in [1.29, 1.82) is 0 Å². The summed E-state index contributed by atoms with van der Waals surface area (Å²) in [5.74, 6) is 0.651. The molecule has 5 heteroatoms. The molecule has 1 aliphatic rings. The Kier molecular flexibility index (Phi) is 5.00. The molecule has 0 bridgehead atoms. The molecule has 0 N–H and O–H groups in total. The van der Waals surface area contributed by atoms with Crippen LogP contribution in [0.1, 0.15) is 24.6 Å². The van der Waals surface area contributed by atoms with Gasteiger partial charge in [0.1, 0.15) is 0 Å². The molecule has 26 heavy (non-hydrogen) atoms. The molecule has 3 heterocycles. The molecular weight excluding hydrogens is 322 g/mol. The van der Waals surface area contributed by atoms with Gasteiger partial charge in [-0.15, -0.1) is 0 Å². The van der Waals surface area contributed by atoms with E-state index < -0.39 is 0 Å². The third kappa shape index (κ3) is 3.64. The van der Waals surface area contributed by atoms with Gasteiger partial charge >= 0.3 is 0 Å². The van der Waals surface area contributed by atoms with E-state index in [-0.39, 0.29) is 0 Å². The Balaban J connectivity index is 1.38. The second kappa shape index (κ2) is 7.56. The van der Waals surface area contributed by atoms with Gasteiger partial charge in [-0.3, -0.25) is 19.2 Å². The highest BCUT2D eigenvalue weighted by Crippen LogP contribution is 2.24. The quantitative estimate of drug-likeness (QED) is 0.709. The number of fused-ring (bicyclic) bond motifs is 1. The van der Waals surface area contributed by atoms with Crippen LogP contribution in [0.4, 0.5) is 0 Å². The maximum atomic E-state index is 4.46. The molecule has 136 valence electrons. The van der Waals surface area contributed by atoms with E-state index in [9.17, 15) is 0 Å². The van der Waals surface area contributed by atoms with Gasteiger partial charge in [0.2, 0.25) is 0 Å². The number of aromatic nitrogens is 3. The van der Waals surface area contributed by atoms with Gasteiger partial charge < -0.3 is 0 Å². The van der Waals surface area contributed by atoms with Gasteiger partial charge in [0.25, 0.3) is 0 Å². The molecule has 2 atom stereocenters. The van der Waals surface area contributed by atoms with Gasteiger partial charge in [0, 0.05) is 38.1 Å². The molecule has 0 saturated carbocycles. The maximum absolute atomic E-state index is 4.46. The Morgan fingerprint density at radius 1 is 1.19 bits per heavy atom. The smallest absolute Gasteiger partial charge is 0.155 e. The van der Waals surface area contributed by atoms with Crippen LogP contribution in [-0.4, -0.2) is 50.3 Å². The highest BCUT2D eigenvalue weighted by Gasteiger charge is 2.29. The topological polar surface area (TPSA) is 36.7 Å². The molecule has 1 saturated heterocycles. The molecule has 2 aromatic heterocycles. The van der Waals surface area contributed by atoms with Gasteiger partial charge in [0.15, 0.2) is 5.65 Å². The first-order valence-corrected chi connectivity index (χ1v) is 9.43. The average molecular weight is 349 g/mol. The molecule has 0 aliphatic carbocycles. The zero-order valence-electron chi connectivity index (χ0n) is 15.6. The molecule has 5 nitrogen and oxygen atoms in total. The zero-order chi connectivity index (χ0) is 17.9. The van der Waals surface area contributed by atoms with E-state index in [0.717, 1.165) is 31.8 Å². The molecule has 1 aromatic carbocycles. The Morgan fingerprint density at radius 2 is 2.04 bits per heavy atom. The molecule has 1 aliphatic heterocycles. The number of benzene rings is 1. The van der Waals surface area contributed by atoms with Crippen molar-refractivity contribution in [2.24, 2.45) is 5.92 Å². The number of imidazole rings is 1. The summed E-state index contributed by atoms with van der Waals surface area (Å²) in [7, 11) is 2.24. The molecule has 4 rings (SSSR count). The number of piperidine rings is 1. The van der Waals surface area contributed by atoms with Crippen LogP contribution in [0.3, 0.4) is 0 Å². The molecular formula is C21H27N5. The number of nitrogens with zero attached hydrogens (tertiary/aromatic N) is 5. The number of hydrogen-bond donors (Lipinski definition) is 0. The van der Waals surface area contributed by atoms with E-state index in [1.165, 1.54) is 17.7 Å². The minimum atomic E-state index is 0.606. The van der Waals surface area contributed by atoms with Crippen LogP contribution in [0.5, 0.6) is 0 Å². The van der Waals surface area contributed by atoms with Crippen LogP contribution in [0.15, 0.2) is 55.1 Å². The first kappa shape index (κ1) is 17.2. The third-order valence-electron chi connectivity index (χ3n) is 5.56. The molecule has 0 spiro atoms. The molecule has 0 radical (unpaired) electrons. The van der Waals surface area contributed by atoms with Gasteiger partial charge in [-0.25, -0.2) is 4.98 Å². The van der Waals surface area contributed by atoms with E-state index in [1.807, 2.05) is 24.8 Å². The van der Waals surface area contributed by atoms with Crippen molar-refractivity contribution in [3.8, 4) is 0 Å². The SMILES string of the molecule is C[C@@H]1CN(Cc2ccccc2)CC[C@@H]1N(C)Cc1cnc2cnccn12. The summed E-state index contributed by atoms with van der Waals surface area (Å²) >= 11 is 0. The number of hydrogen-bond acceptors (Lipinski definition) is 4. The predicted octanol–water partition coefficient (Wildman–Crippen LogP) is 3.07. The minimum Gasteiger partial charge on any atom is -0.300 e. The van der Waals surface area contributed by atoms with Crippen LogP contribution < -0.4 is 0 Å². The summed E-state index contributed by atoms with van der Waals surface area (Å²) in [5.41, 5.74) is 3.55. The van der Waals surface area contributed by atoms with E-state index >= 15 is 0 Å². The Bertz CT molecular complexity index is 844. The minimum absolute atomic E-state index is 0.606. The third-order valence-corrected chi connectivity index (χ3v) is 5.56. The van der Waals surface area contributed by atoms with E-state index in [0.29, 0.717) is 12.0 Å². The standard InChI is InChI=1S/C21H27N5/c1-17-14-25(15-18-6-4-3-5-7-18)10-8-20(17)24(2)16-19-12-23-21-13-22-9-11-26(19)21/h3-7,9,11-13,17,20H,8,10,14-16H2,1-2H3/t17-,20+/m1/s1. The lowest BCUT2D eigenvalue weighted by molar-refractivity contribution is 0.0711. The lowest BCUT2D eigenvalue weighted by Crippen LogP contribution is -2.48. The van der Waals surface area contributed by atoms with Crippen molar-refractivity contribution in [3.05, 3.63) is 66.4 Å². The van der Waals surface area contributed by atoms with Gasteiger partial charge in [-0.2, -0.15) is 0 Å². The van der Waals surface area contributed by atoms with Gasteiger partial charge in [-0.05, 0) is 31.5 Å². The van der Waals surface area contributed by atoms with Crippen molar-refractivity contribution in [1.82, 2.24) is 24.2 Å². The summed E-state index contributed by atoms with van der Waals surface area (Å²) in [6.07, 6.45) is 8.82. The van der Waals surface area contributed by atoms with E-state index in [4.69, 9.17) is 0 Å². The highest BCUT2D eigenvalue weighted by atomic mass is 15.2. The van der Waals surface area contributed by atoms with Crippen molar-refractivity contribution >= 4 is 5.65 Å². The number of likely N-dealkylation sites (tertiary alicyclic amines) is 1.